The molecule has 0 aliphatic heterocycles. The number of carbonyl (C=O) groups is 3. The molecule has 6 heteroatoms. The Morgan fingerprint density at radius 2 is 0.597 bits per heavy atom. The molecule has 0 rings (SSSR count). The third-order valence-corrected chi connectivity index (χ3v) is 12.3. The van der Waals surface area contributed by atoms with Gasteiger partial charge >= 0.3 is 17.9 Å². The zero-order valence-corrected chi connectivity index (χ0v) is 44.2. The van der Waals surface area contributed by atoms with Crippen LogP contribution in [0.2, 0.25) is 0 Å². The number of unbranched alkanes of at least 4 members (excludes halogenated alkanes) is 31. The highest BCUT2D eigenvalue weighted by Crippen LogP contribution is 2.15. The quantitative estimate of drug-likeness (QED) is 0.0199. The normalized spacial score (nSPS) is 12.6. The van der Waals surface area contributed by atoms with Crippen molar-refractivity contribution in [1.29, 1.82) is 0 Å². The van der Waals surface area contributed by atoms with Gasteiger partial charge in [-0.25, -0.2) is 0 Å². The van der Waals surface area contributed by atoms with Crippen molar-refractivity contribution in [2.24, 2.45) is 0 Å². The molecule has 0 fully saturated rings. The first-order chi connectivity index (χ1) is 33.0. The molecule has 0 aromatic rings. The first kappa shape index (κ1) is 63.8. The topological polar surface area (TPSA) is 78.9 Å². The van der Waals surface area contributed by atoms with E-state index in [1.165, 1.54) is 148 Å². The zero-order chi connectivity index (χ0) is 48.6. The van der Waals surface area contributed by atoms with E-state index in [1.807, 2.05) is 30.4 Å². The second-order valence-corrected chi connectivity index (χ2v) is 18.9. The summed E-state index contributed by atoms with van der Waals surface area (Å²) >= 11 is 0. The van der Waals surface area contributed by atoms with E-state index in [1.54, 1.807) is 0 Å². The van der Waals surface area contributed by atoms with Gasteiger partial charge in [0.15, 0.2) is 6.10 Å². The van der Waals surface area contributed by atoms with Crippen molar-refractivity contribution in [3.63, 3.8) is 0 Å². The van der Waals surface area contributed by atoms with Gasteiger partial charge in [-0.1, -0.05) is 241 Å². The lowest BCUT2D eigenvalue weighted by molar-refractivity contribution is -0.167. The van der Waals surface area contributed by atoms with E-state index in [2.05, 4.69) is 63.3 Å². The molecule has 1 unspecified atom stereocenters. The maximum atomic E-state index is 12.8. The van der Waals surface area contributed by atoms with Crippen molar-refractivity contribution >= 4 is 17.9 Å². The van der Waals surface area contributed by atoms with Crippen LogP contribution in [0.25, 0.3) is 0 Å². The third kappa shape index (κ3) is 53.7. The van der Waals surface area contributed by atoms with Crippen molar-refractivity contribution in [2.75, 3.05) is 13.2 Å². The Hall–Kier alpha value is -3.15. The molecular formula is C61H106O6. The van der Waals surface area contributed by atoms with Crippen LogP contribution in [-0.4, -0.2) is 37.2 Å². The third-order valence-electron chi connectivity index (χ3n) is 12.3. The lowest BCUT2D eigenvalue weighted by atomic mass is 10.1. The van der Waals surface area contributed by atoms with Gasteiger partial charge in [-0.2, -0.15) is 0 Å². The number of hydrogen-bond acceptors (Lipinski definition) is 6. The van der Waals surface area contributed by atoms with Crippen LogP contribution in [0, 0.1) is 0 Å². The van der Waals surface area contributed by atoms with Crippen molar-refractivity contribution in [1.82, 2.24) is 0 Å². The molecule has 6 nitrogen and oxygen atoms in total. The Morgan fingerprint density at radius 3 is 0.970 bits per heavy atom. The molecule has 0 N–H and O–H groups in total. The lowest BCUT2D eigenvalue weighted by Gasteiger charge is -2.18. The smallest absolute Gasteiger partial charge is 0.306 e. The summed E-state index contributed by atoms with van der Waals surface area (Å²) < 4.78 is 16.8. The van der Waals surface area contributed by atoms with Gasteiger partial charge in [0.1, 0.15) is 13.2 Å². The summed E-state index contributed by atoms with van der Waals surface area (Å²) in [5.41, 5.74) is 0. The summed E-state index contributed by atoms with van der Waals surface area (Å²) in [6.45, 7) is 6.47. The van der Waals surface area contributed by atoms with Crippen LogP contribution in [-0.2, 0) is 28.6 Å². The van der Waals surface area contributed by atoms with Gasteiger partial charge in [-0.3, -0.25) is 14.4 Å². The molecule has 0 amide bonds. The second kappa shape index (κ2) is 55.4. The predicted molar refractivity (Wildman–Crippen MR) is 288 cm³/mol. The van der Waals surface area contributed by atoms with Crippen molar-refractivity contribution in [3.8, 4) is 0 Å². The molecule has 0 bridgehead atoms. The molecule has 386 valence electrons. The number of ether oxygens (including phenoxy) is 3. The minimum Gasteiger partial charge on any atom is -0.462 e. The maximum absolute atomic E-state index is 12.8. The molecule has 0 aliphatic rings. The second-order valence-electron chi connectivity index (χ2n) is 18.9. The van der Waals surface area contributed by atoms with E-state index in [0.717, 1.165) is 89.9 Å². The van der Waals surface area contributed by atoms with Crippen molar-refractivity contribution in [3.05, 3.63) is 72.9 Å². The Kier molecular flexibility index (Phi) is 52.8. The van der Waals surface area contributed by atoms with E-state index in [9.17, 15) is 14.4 Å². The summed E-state index contributed by atoms with van der Waals surface area (Å²) in [5.74, 6) is -0.945. The van der Waals surface area contributed by atoms with E-state index < -0.39 is 6.10 Å². The standard InChI is InChI=1S/C61H106O6/c1-4-7-10-13-16-19-22-25-27-29-31-33-36-39-42-45-48-51-54-60(63)66-57-58(56-65-59(62)53-50-47-44-41-38-35-24-21-18-15-12-9-6-3)67-61(64)55-52-49-46-43-40-37-34-32-30-28-26-23-20-17-14-11-8-5-2/h9,12,15,18,21,24,31-35,38,58H,4-8,10-11,13-14,16-17,19-20,22-23,25-30,36-37,39-57H2,1-3H3/b12-9-,18-15-,24-21-,33-31-,34-32-,38-35-. The number of allylic oxidation sites excluding steroid dienone is 12. The van der Waals surface area contributed by atoms with Crippen molar-refractivity contribution < 1.29 is 28.6 Å². The van der Waals surface area contributed by atoms with Crippen LogP contribution in [0.5, 0.6) is 0 Å². The molecular weight excluding hydrogens is 829 g/mol. The van der Waals surface area contributed by atoms with Crippen molar-refractivity contribution in [2.45, 2.75) is 284 Å². The number of hydrogen-bond donors (Lipinski definition) is 0. The zero-order valence-electron chi connectivity index (χ0n) is 44.2. The molecule has 67 heavy (non-hydrogen) atoms. The lowest BCUT2D eigenvalue weighted by Crippen LogP contribution is -2.30. The molecule has 0 aromatic heterocycles. The van der Waals surface area contributed by atoms with Crippen LogP contribution in [0.15, 0.2) is 72.9 Å². The van der Waals surface area contributed by atoms with Crippen LogP contribution < -0.4 is 0 Å². The van der Waals surface area contributed by atoms with Crippen LogP contribution in [0.4, 0.5) is 0 Å². The van der Waals surface area contributed by atoms with Gasteiger partial charge in [0.25, 0.3) is 0 Å². The molecule has 0 spiro atoms. The van der Waals surface area contributed by atoms with E-state index >= 15 is 0 Å². The van der Waals surface area contributed by atoms with Crippen LogP contribution in [0.3, 0.4) is 0 Å². The Balaban J connectivity index is 4.42. The SMILES string of the molecule is CC\C=C/C=C\C=C/C=C\CCCCCC(=O)OCC(COC(=O)CCCCCCC/C=C\CCCCCCCCCCC)OC(=O)CCCCCCC/C=C\CCCCCCCCCCC. The van der Waals surface area contributed by atoms with Gasteiger partial charge in [-0.05, 0) is 89.9 Å². The molecule has 0 saturated heterocycles. The molecule has 0 radical (unpaired) electrons. The predicted octanol–water partition coefficient (Wildman–Crippen LogP) is 19.0. The summed E-state index contributed by atoms with van der Waals surface area (Å²) in [6.07, 6.45) is 70.4. The van der Waals surface area contributed by atoms with Gasteiger partial charge in [0.2, 0.25) is 0 Å². The molecule has 0 aromatic carbocycles. The summed E-state index contributed by atoms with van der Waals surface area (Å²) in [7, 11) is 0. The van der Waals surface area contributed by atoms with Crippen LogP contribution >= 0.6 is 0 Å². The van der Waals surface area contributed by atoms with E-state index in [-0.39, 0.29) is 31.1 Å². The summed E-state index contributed by atoms with van der Waals surface area (Å²) in [4.78, 5) is 38.1. The van der Waals surface area contributed by atoms with Gasteiger partial charge < -0.3 is 14.2 Å². The van der Waals surface area contributed by atoms with E-state index in [4.69, 9.17) is 14.2 Å². The fourth-order valence-electron chi connectivity index (χ4n) is 7.97. The maximum Gasteiger partial charge on any atom is 0.306 e. The monoisotopic (exact) mass is 935 g/mol. The Labute approximate surface area is 414 Å². The van der Waals surface area contributed by atoms with Gasteiger partial charge in [-0.15, -0.1) is 0 Å². The molecule has 1 atom stereocenters. The average molecular weight is 936 g/mol. The number of carbonyl (C=O) groups excluding carboxylic acids is 3. The minimum atomic E-state index is -0.799. The number of rotatable bonds is 51. The molecule has 0 aliphatic carbocycles. The first-order valence-electron chi connectivity index (χ1n) is 28.5. The summed E-state index contributed by atoms with van der Waals surface area (Å²) in [5, 5.41) is 0. The van der Waals surface area contributed by atoms with E-state index in [0.29, 0.717) is 19.3 Å². The molecule has 0 saturated carbocycles. The largest absolute Gasteiger partial charge is 0.462 e. The highest BCUT2D eigenvalue weighted by Gasteiger charge is 2.19. The fourth-order valence-corrected chi connectivity index (χ4v) is 7.97. The summed E-state index contributed by atoms with van der Waals surface area (Å²) in [6, 6.07) is 0. The highest BCUT2D eigenvalue weighted by atomic mass is 16.6. The average Bonchev–Trinajstić information content (AvgIpc) is 3.33. The van der Waals surface area contributed by atoms with Gasteiger partial charge in [0.05, 0.1) is 0 Å². The Bertz CT molecular complexity index is 1260. The first-order valence-corrected chi connectivity index (χ1v) is 28.5. The Morgan fingerprint density at radius 1 is 0.313 bits per heavy atom. The van der Waals surface area contributed by atoms with Crippen LogP contribution in [0.1, 0.15) is 278 Å². The fraction of sp³-hybridized carbons (Fsp3) is 0.754. The number of esters is 3. The van der Waals surface area contributed by atoms with Gasteiger partial charge in [0, 0.05) is 19.3 Å². The minimum absolute atomic E-state index is 0.0953. The molecule has 0 heterocycles. The highest BCUT2D eigenvalue weighted by molar-refractivity contribution is 5.71.